The minimum Gasteiger partial charge on any atom is -0.416 e. The number of hydrogen-bond acceptors (Lipinski definition) is 7. The lowest BCUT2D eigenvalue weighted by Gasteiger charge is -2.06. The number of aromatic nitrogens is 4. The van der Waals surface area contributed by atoms with Crippen LogP contribution in [0.4, 0.5) is 0 Å². The van der Waals surface area contributed by atoms with Crippen molar-refractivity contribution in [1.29, 1.82) is 0 Å². The van der Waals surface area contributed by atoms with Gasteiger partial charge in [-0.05, 0) is 6.92 Å². The van der Waals surface area contributed by atoms with Crippen LogP contribution in [-0.2, 0) is 17.8 Å². The third kappa shape index (κ3) is 4.02. The van der Waals surface area contributed by atoms with Gasteiger partial charge >= 0.3 is 5.69 Å². The Balaban J connectivity index is 2.23. The summed E-state index contributed by atoms with van der Waals surface area (Å²) in [6.45, 7) is 5.27. The number of aryl methyl sites for hydroxylation is 1. The summed E-state index contributed by atoms with van der Waals surface area (Å²) in [4.78, 5) is 38.0. The fourth-order valence-corrected chi connectivity index (χ4v) is 2.59. The predicted octanol–water partition coefficient (Wildman–Crippen LogP) is -0.157. The lowest BCUT2D eigenvalue weighted by atomic mass is 10.1. The van der Waals surface area contributed by atoms with Gasteiger partial charge in [-0.2, -0.15) is 0 Å². The summed E-state index contributed by atoms with van der Waals surface area (Å²) in [5.41, 5.74) is -0.103. The van der Waals surface area contributed by atoms with E-state index >= 15 is 0 Å². The maximum Gasteiger partial charge on any atom is 0.328 e. The normalized spacial score (nSPS) is 10.6. The summed E-state index contributed by atoms with van der Waals surface area (Å²) in [6.07, 6.45) is 1.56. The van der Waals surface area contributed by atoms with Gasteiger partial charge in [0.15, 0.2) is 0 Å². The molecule has 0 bridgehead atoms. The maximum absolute atomic E-state index is 12.4. The highest BCUT2D eigenvalue weighted by atomic mass is 32.2. The predicted molar refractivity (Wildman–Crippen MR) is 88.2 cm³/mol. The van der Waals surface area contributed by atoms with Crippen molar-refractivity contribution >= 4 is 17.7 Å². The van der Waals surface area contributed by atoms with Crippen LogP contribution in [0.3, 0.4) is 0 Å². The van der Waals surface area contributed by atoms with Crippen LogP contribution in [-0.4, -0.2) is 38.5 Å². The molecule has 0 unspecified atom stereocenters. The fourth-order valence-electron chi connectivity index (χ4n) is 1.94. The van der Waals surface area contributed by atoms with E-state index in [1.54, 1.807) is 6.92 Å². The Kier molecular flexibility index (Phi) is 5.74. The standard InChI is InChI=1S/C14H17N5O4S/c1-4-5-19-12(21)9(8(2)16-13(19)22)6-11-17-18-14(23-11)24-7-10(20)15-3/h4H,1,5-7H2,2-3H3,(H,15,20)(H,16,22). The highest BCUT2D eigenvalue weighted by molar-refractivity contribution is 7.99. The lowest BCUT2D eigenvalue weighted by Crippen LogP contribution is -2.37. The Hall–Kier alpha value is -2.62. The number of thioether (sulfide) groups is 1. The highest BCUT2D eigenvalue weighted by Crippen LogP contribution is 2.17. The molecule has 2 N–H and O–H groups in total. The Bertz CT molecular complexity index is 867. The second-order valence-corrected chi connectivity index (χ2v) is 5.77. The molecule has 10 heteroatoms. The van der Waals surface area contributed by atoms with Gasteiger partial charge in [0.05, 0.1) is 12.2 Å². The van der Waals surface area contributed by atoms with Crippen LogP contribution < -0.4 is 16.6 Å². The van der Waals surface area contributed by atoms with Crippen LogP contribution in [0, 0.1) is 6.92 Å². The zero-order valence-corrected chi connectivity index (χ0v) is 14.1. The maximum atomic E-state index is 12.4. The molecule has 0 aliphatic rings. The Morgan fingerprint density at radius 1 is 1.46 bits per heavy atom. The second kappa shape index (κ2) is 7.77. The number of H-pyrrole nitrogens is 1. The first-order valence-corrected chi connectivity index (χ1v) is 8.04. The first kappa shape index (κ1) is 17.7. The van der Waals surface area contributed by atoms with E-state index in [-0.39, 0.29) is 35.7 Å². The van der Waals surface area contributed by atoms with E-state index in [0.29, 0.717) is 11.3 Å². The van der Waals surface area contributed by atoms with Gasteiger partial charge in [0.1, 0.15) is 0 Å². The number of nitrogens with one attached hydrogen (secondary N) is 2. The van der Waals surface area contributed by atoms with Crippen molar-refractivity contribution in [1.82, 2.24) is 25.1 Å². The second-order valence-electron chi connectivity index (χ2n) is 4.84. The van der Waals surface area contributed by atoms with Crippen molar-refractivity contribution in [3.63, 3.8) is 0 Å². The minimum absolute atomic E-state index is 0.0894. The molecule has 2 rings (SSSR count). The summed E-state index contributed by atoms with van der Waals surface area (Å²) in [7, 11) is 1.54. The molecule has 9 nitrogen and oxygen atoms in total. The number of hydrogen-bond donors (Lipinski definition) is 2. The molecular weight excluding hydrogens is 334 g/mol. The Labute approximate surface area is 141 Å². The van der Waals surface area contributed by atoms with E-state index < -0.39 is 11.2 Å². The molecule has 2 aromatic heterocycles. The molecule has 0 fully saturated rings. The quantitative estimate of drug-likeness (QED) is 0.525. The average molecular weight is 351 g/mol. The summed E-state index contributed by atoms with van der Waals surface area (Å²) >= 11 is 1.10. The molecule has 0 saturated heterocycles. The molecule has 2 aromatic rings. The molecule has 128 valence electrons. The molecule has 0 saturated carbocycles. The first-order chi connectivity index (χ1) is 11.5. The number of amides is 1. The number of carbonyl (C=O) groups is 1. The Morgan fingerprint density at radius 3 is 2.88 bits per heavy atom. The first-order valence-electron chi connectivity index (χ1n) is 7.05. The topological polar surface area (TPSA) is 123 Å². The summed E-state index contributed by atoms with van der Waals surface area (Å²) in [5.74, 6) is 0.220. The number of allylic oxidation sites excluding steroid dienone is 1. The van der Waals surface area contributed by atoms with Gasteiger partial charge in [0.25, 0.3) is 10.8 Å². The molecule has 24 heavy (non-hydrogen) atoms. The monoisotopic (exact) mass is 351 g/mol. The van der Waals surface area contributed by atoms with E-state index in [4.69, 9.17) is 4.42 Å². The van der Waals surface area contributed by atoms with Gasteiger partial charge in [-0.25, -0.2) is 4.79 Å². The molecule has 2 heterocycles. The molecule has 0 aliphatic heterocycles. The number of nitrogens with zero attached hydrogens (tertiary/aromatic N) is 3. The summed E-state index contributed by atoms with van der Waals surface area (Å²) < 4.78 is 6.47. The molecule has 0 spiro atoms. The van der Waals surface area contributed by atoms with Gasteiger partial charge < -0.3 is 14.7 Å². The lowest BCUT2D eigenvalue weighted by molar-refractivity contribution is -0.118. The van der Waals surface area contributed by atoms with Crippen LogP contribution in [0.15, 0.2) is 31.9 Å². The van der Waals surface area contributed by atoms with E-state index in [1.165, 1.54) is 13.1 Å². The van der Waals surface area contributed by atoms with Crippen LogP contribution >= 0.6 is 11.8 Å². The van der Waals surface area contributed by atoms with Crippen LogP contribution in [0.25, 0.3) is 0 Å². The SMILES string of the molecule is C=CCn1c(=O)[nH]c(C)c(Cc2nnc(SCC(=O)NC)o2)c1=O. The van der Waals surface area contributed by atoms with E-state index in [2.05, 4.69) is 27.1 Å². The van der Waals surface area contributed by atoms with Crippen molar-refractivity contribution < 1.29 is 9.21 Å². The molecule has 0 aliphatic carbocycles. The van der Waals surface area contributed by atoms with Crippen molar-refractivity contribution in [3.8, 4) is 0 Å². The molecule has 0 radical (unpaired) electrons. The van der Waals surface area contributed by atoms with Crippen molar-refractivity contribution in [2.75, 3.05) is 12.8 Å². The van der Waals surface area contributed by atoms with Gasteiger partial charge in [-0.3, -0.25) is 14.2 Å². The third-order valence-electron chi connectivity index (χ3n) is 3.19. The van der Waals surface area contributed by atoms with E-state index in [0.717, 1.165) is 16.3 Å². The number of aromatic amines is 1. The fraction of sp³-hybridized carbons (Fsp3) is 0.357. The molecule has 0 aromatic carbocycles. The van der Waals surface area contributed by atoms with Crippen LogP contribution in [0.5, 0.6) is 0 Å². The summed E-state index contributed by atoms with van der Waals surface area (Å²) in [6, 6.07) is 0. The minimum atomic E-state index is -0.492. The zero-order chi connectivity index (χ0) is 17.7. The van der Waals surface area contributed by atoms with Gasteiger partial charge in [-0.15, -0.1) is 16.8 Å². The van der Waals surface area contributed by atoms with E-state index in [1.807, 2.05) is 0 Å². The van der Waals surface area contributed by atoms with Crippen molar-refractivity contribution in [2.24, 2.45) is 0 Å². The Morgan fingerprint density at radius 2 is 2.21 bits per heavy atom. The largest absolute Gasteiger partial charge is 0.416 e. The van der Waals surface area contributed by atoms with Crippen molar-refractivity contribution in [3.05, 3.63) is 50.6 Å². The third-order valence-corrected chi connectivity index (χ3v) is 4.01. The molecule has 1 amide bonds. The molecular formula is C14H17N5O4S. The average Bonchev–Trinajstić information content (AvgIpc) is 3.00. The smallest absolute Gasteiger partial charge is 0.328 e. The van der Waals surface area contributed by atoms with E-state index in [9.17, 15) is 14.4 Å². The highest BCUT2D eigenvalue weighted by Gasteiger charge is 2.15. The van der Waals surface area contributed by atoms with Gasteiger partial charge in [0, 0.05) is 24.8 Å². The molecule has 0 atom stereocenters. The summed E-state index contributed by atoms with van der Waals surface area (Å²) in [5, 5.41) is 10.4. The van der Waals surface area contributed by atoms with Crippen LogP contribution in [0.2, 0.25) is 0 Å². The van der Waals surface area contributed by atoms with Crippen LogP contribution in [0.1, 0.15) is 17.1 Å². The zero-order valence-electron chi connectivity index (χ0n) is 13.3. The number of rotatable bonds is 7. The van der Waals surface area contributed by atoms with Gasteiger partial charge in [0.2, 0.25) is 11.8 Å². The number of carbonyl (C=O) groups excluding carboxylic acids is 1. The van der Waals surface area contributed by atoms with Crippen molar-refractivity contribution in [2.45, 2.75) is 25.1 Å². The van der Waals surface area contributed by atoms with Gasteiger partial charge in [-0.1, -0.05) is 17.8 Å².